The lowest BCUT2D eigenvalue weighted by atomic mass is 9.98. The minimum atomic E-state index is -0.0879. The van der Waals surface area contributed by atoms with Gasteiger partial charge in [0.05, 0.1) is 25.7 Å². The van der Waals surface area contributed by atoms with E-state index in [0.717, 1.165) is 44.9 Å². The highest BCUT2D eigenvalue weighted by Crippen LogP contribution is 2.18. The van der Waals surface area contributed by atoms with Crippen LogP contribution in [0.3, 0.4) is 0 Å². The van der Waals surface area contributed by atoms with Crippen LogP contribution < -0.4 is 5.32 Å². The first-order chi connectivity index (χ1) is 11.6. The van der Waals surface area contributed by atoms with E-state index in [2.05, 4.69) is 36.0 Å². The maximum absolute atomic E-state index is 12.0. The van der Waals surface area contributed by atoms with Crippen molar-refractivity contribution in [1.82, 2.24) is 10.2 Å². The van der Waals surface area contributed by atoms with Crippen LogP contribution in [0, 0.1) is 11.8 Å². The summed E-state index contributed by atoms with van der Waals surface area (Å²) in [6, 6.07) is 0. The van der Waals surface area contributed by atoms with Crippen LogP contribution in [0.5, 0.6) is 0 Å². The van der Waals surface area contributed by atoms with Crippen molar-refractivity contribution in [3.05, 3.63) is 0 Å². The molecule has 0 aromatic carbocycles. The number of carbonyl (C=O) groups excluding carboxylic acids is 1. The van der Waals surface area contributed by atoms with Gasteiger partial charge < -0.3 is 19.7 Å². The second-order valence-electron chi connectivity index (χ2n) is 6.57. The molecule has 0 aromatic rings. The summed E-state index contributed by atoms with van der Waals surface area (Å²) in [7, 11) is 0. The molecule has 0 aromatic heterocycles. The molecule has 0 aliphatic carbocycles. The highest BCUT2D eigenvalue weighted by atomic mass is 16.5. The van der Waals surface area contributed by atoms with E-state index in [-0.39, 0.29) is 11.9 Å². The summed E-state index contributed by atoms with van der Waals surface area (Å²) in [6.45, 7) is 13.2. The van der Waals surface area contributed by atoms with Crippen LogP contribution in [-0.2, 0) is 14.3 Å². The number of guanidine groups is 1. The zero-order valence-corrected chi connectivity index (χ0v) is 15.8. The Labute approximate surface area is 147 Å². The third-order valence-corrected chi connectivity index (χ3v) is 4.01. The molecule has 1 aliphatic heterocycles. The van der Waals surface area contributed by atoms with Gasteiger partial charge in [-0.05, 0) is 39.0 Å². The van der Waals surface area contributed by atoms with Gasteiger partial charge in [-0.25, -0.2) is 0 Å². The molecule has 24 heavy (non-hydrogen) atoms. The quantitative estimate of drug-likeness (QED) is 0.302. The standard InChI is InChI=1S/C18H35N3O3/c1-5-19-18(20-10-13-23-12-9-15(3)4)21-11-7-8-16(14-21)17(22)24-6-2/h15-16H,5-14H2,1-4H3,(H,19,20). The van der Waals surface area contributed by atoms with Gasteiger partial charge in [0, 0.05) is 26.2 Å². The molecule has 0 radical (unpaired) electrons. The third kappa shape index (κ3) is 7.99. The lowest BCUT2D eigenvalue weighted by molar-refractivity contribution is -0.149. The Hall–Kier alpha value is -1.30. The predicted molar refractivity (Wildman–Crippen MR) is 97.2 cm³/mol. The number of ether oxygens (including phenoxy) is 2. The molecule has 0 bridgehead atoms. The molecule has 0 spiro atoms. The average molecular weight is 341 g/mol. The molecule has 6 nitrogen and oxygen atoms in total. The second-order valence-corrected chi connectivity index (χ2v) is 6.57. The first-order valence-electron chi connectivity index (χ1n) is 9.36. The fourth-order valence-corrected chi connectivity index (χ4v) is 2.69. The number of likely N-dealkylation sites (tertiary alicyclic amines) is 1. The van der Waals surface area contributed by atoms with E-state index < -0.39 is 0 Å². The Kier molecular flexibility index (Phi) is 10.5. The van der Waals surface area contributed by atoms with Gasteiger partial charge in [0.2, 0.25) is 0 Å². The van der Waals surface area contributed by atoms with Gasteiger partial charge in [0.25, 0.3) is 0 Å². The molecule has 1 heterocycles. The summed E-state index contributed by atoms with van der Waals surface area (Å²) in [4.78, 5) is 18.8. The molecule has 1 saturated heterocycles. The van der Waals surface area contributed by atoms with E-state index >= 15 is 0 Å². The number of nitrogens with zero attached hydrogens (tertiary/aromatic N) is 2. The van der Waals surface area contributed by atoms with E-state index in [1.807, 2.05) is 6.92 Å². The zero-order chi connectivity index (χ0) is 17.8. The summed E-state index contributed by atoms with van der Waals surface area (Å²) in [6.07, 6.45) is 2.96. The SMILES string of the molecule is CCNC(=NCCOCCC(C)C)N1CCCC(C(=O)OCC)C1. The molecule has 140 valence electrons. The third-order valence-electron chi connectivity index (χ3n) is 4.01. The molecule has 1 aliphatic rings. The van der Waals surface area contributed by atoms with Crippen LogP contribution in [0.2, 0.25) is 0 Å². The molecule has 0 saturated carbocycles. The van der Waals surface area contributed by atoms with Crippen LogP contribution in [0.15, 0.2) is 4.99 Å². The molecule has 1 atom stereocenters. The zero-order valence-electron chi connectivity index (χ0n) is 15.8. The molecular weight excluding hydrogens is 306 g/mol. The van der Waals surface area contributed by atoms with Crippen molar-refractivity contribution in [2.45, 2.75) is 47.0 Å². The second kappa shape index (κ2) is 12.1. The van der Waals surface area contributed by atoms with Gasteiger partial charge >= 0.3 is 5.97 Å². The van der Waals surface area contributed by atoms with E-state index in [1.54, 1.807) is 0 Å². The Morgan fingerprint density at radius 3 is 2.79 bits per heavy atom. The summed E-state index contributed by atoms with van der Waals surface area (Å²) in [5, 5.41) is 3.32. The van der Waals surface area contributed by atoms with Gasteiger partial charge in [-0.3, -0.25) is 9.79 Å². The van der Waals surface area contributed by atoms with Gasteiger partial charge in [-0.2, -0.15) is 0 Å². The topological polar surface area (TPSA) is 63.2 Å². The minimum absolute atomic E-state index is 0.0511. The number of nitrogens with one attached hydrogen (secondary N) is 1. The first kappa shape index (κ1) is 20.7. The van der Waals surface area contributed by atoms with Crippen molar-refractivity contribution in [2.24, 2.45) is 16.8 Å². The fraction of sp³-hybridized carbons (Fsp3) is 0.889. The van der Waals surface area contributed by atoms with Gasteiger partial charge in [0.1, 0.15) is 0 Å². The summed E-state index contributed by atoms with van der Waals surface area (Å²) < 4.78 is 10.8. The number of hydrogen-bond acceptors (Lipinski definition) is 4. The molecule has 1 fully saturated rings. The smallest absolute Gasteiger partial charge is 0.310 e. The Balaban J connectivity index is 2.47. The maximum atomic E-state index is 12.0. The van der Waals surface area contributed by atoms with Crippen LogP contribution in [0.1, 0.15) is 47.0 Å². The number of rotatable bonds is 9. The van der Waals surface area contributed by atoms with Crippen LogP contribution in [0.4, 0.5) is 0 Å². The lowest BCUT2D eigenvalue weighted by Gasteiger charge is -2.34. The number of piperidine rings is 1. The molecule has 1 rings (SSSR count). The molecule has 0 amide bonds. The van der Waals surface area contributed by atoms with Gasteiger partial charge in [-0.15, -0.1) is 0 Å². The van der Waals surface area contributed by atoms with Crippen LogP contribution in [-0.4, -0.2) is 62.8 Å². The van der Waals surface area contributed by atoms with E-state index in [1.165, 1.54) is 0 Å². The summed E-state index contributed by atoms with van der Waals surface area (Å²) in [5.74, 6) is 1.40. The number of carbonyl (C=O) groups is 1. The highest BCUT2D eigenvalue weighted by Gasteiger charge is 2.28. The van der Waals surface area contributed by atoms with Crippen molar-refractivity contribution in [3.63, 3.8) is 0 Å². The Bertz CT molecular complexity index is 386. The van der Waals surface area contributed by atoms with Gasteiger partial charge in [0.15, 0.2) is 5.96 Å². The molecular formula is C18H35N3O3. The van der Waals surface area contributed by atoms with Gasteiger partial charge in [-0.1, -0.05) is 13.8 Å². The van der Waals surface area contributed by atoms with Crippen LogP contribution in [0.25, 0.3) is 0 Å². The fourth-order valence-electron chi connectivity index (χ4n) is 2.69. The van der Waals surface area contributed by atoms with Crippen molar-refractivity contribution in [2.75, 3.05) is 46.0 Å². The van der Waals surface area contributed by atoms with E-state index in [4.69, 9.17) is 9.47 Å². The number of esters is 1. The maximum Gasteiger partial charge on any atom is 0.310 e. The van der Waals surface area contributed by atoms with E-state index in [9.17, 15) is 4.79 Å². The number of aliphatic imine (C=N–C) groups is 1. The van der Waals surface area contributed by atoms with E-state index in [0.29, 0.717) is 32.2 Å². The first-order valence-corrected chi connectivity index (χ1v) is 9.36. The minimum Gasteiger partial charge on any atom is -0.466 e. The average Bonchev–Trinajstić information content (AvgIpc) is 2.57. The Morgan fingerprint density at radius 1 is 1.33 bits per heavy atom. The molecule has 6 heteroatoms. The summed E-state index contributed by atoms with van der Waals surface area (Å²) in [5.41, 5.74) is 0. The van der Waals surface area contributed by atoms with Crippen molar-refractivity contribution in [1.29, 1.82) is 0 Å². The van der Waals surface area contributed by atoms with Crippen molar-refractivity contribution < 1.29 is 14.3 Å². The molecule has 1 unspecified atom stereocenters. The largest absolute Gasteiger partial charge is 0.466 e. The van der Waals surface area contributed by atoms with Crippen molar-refractivity contribution in [3.8, 4) is 0 Å². The normalized spacial score (nSPS) is 18.8. The Morgan fingerprint density at radius 2 is 2.12 bits per heavy atom. The van der Waals surface area contributed by atoms with Crippen LogP contribution >= 0.6 is 0 Å². The predicted octanol–water partition coefficient (Wildman–Crippen LogP) is 2.29. The number of hydrogen-bond donors (Lipinski definition) is 1. The molecule has 1 N–H and O–H groups in total. The lowest BCUT2D eigenvalue weighted by Crippen LogP contribution is -2.48. The van der Waals surface area contributed by atoms with Crippen molar-refractivity contribution >= 4 is 11.9 Å². The monoisotopic (exact) mass is 341 g/mol. The highest BCUT2D eigenvalue weighted by molar-refractivity contribution is 5.81. The summed E-state index contributed by atoms with van der Waals surface area (Å²) >= 11 is 0.